The Morgan fingerprint density at radius 2 is 1.89 bits per heavy atom. The predicted octanol–water partition coefficient (Wildman–Crippen LogP) is 3.60. The molecular weight excluding hydrogens is 373 g/mol. The molecule has 2 aromatic rings. The summed E-state index contributed by atoms with van der Waals surface area (Å²) in [5.74, 6) is 0.715. The normalized spacial score (nSPS) is 12.4. The van der Waals surface area contributed by atoms with Gasteiger partial charge in [0.2, 0.25) is 0 Å². The van der Waals surface area contributed by atoms with Crippen LogP contribution in [-0.2, 0) is 12.6 Å². The lowest BCUT2D eigenvalue weighted by Gasteiger charge is -2.18. The number of carbonyl (C=O) groups excluding carboxylic acids is 1. The van der Waals surface area contributed by atoms with Crippen LogP contribution in [0.25, 0.3) is 0 Å². The highest BCUT2D eigenvalue weighted by Gasteiger charge is 2.34. The maximum absolute atomic E-state index is 13.0. The van der Waals surface area contributed by atoms with Gasteiger partial charge in [0.1, 0.15) is 5.75 Å². The van der Waals surface area contributed by atoms with Crippen LogP contribution in [0.3, 0.4) is 0 Å². The number of aliphatic hydroxyl groups is 1. The molecule has 3 N–H and O–H groups in total. The fraction of sp³-hybridized carbons (Fsp3) is 0.350. The van der Waals surface area contributed by atoms with Crippen LogP contribution in [0.1, 0.15) is 28.4 Å². The SMILES string of the molecule is COc1ccc(C)cc1CCNC(=O)NCC(O)c1ccccc1C(F)(F)F. The molecule has 1 atom stereocenters. The summed E-state index contributed by atoms with van der Waals surface area (Å²) in [4.78, 5) is 11.9. The number of carbonyl (C=O) groups is 1. The summed E-state index contributed by atoms with van der Waals surface area (Å²) in [7, 11) is 1.56. The van der Waals surface area contributed by atoms with Crippen molar-refractivity contribution in [2.75, 3.05) is 20.2 Å². The number of ether oxygens (including phenoxy) is 1. The van der Waals surface area contributed by atoms with E-state index >= 15 is 0 Å². The van der Waals surface area contributed by atoms with E-state index in [4.69, 9.17) is 4.74 Å². The van der Waals surface area contributed by atoms with Crippen molar-refractivity contribution in [3.63, 3.8) is 0 Å². The summed E-state index contributed by atoms with van der Waals surface area (Å²) in [5.41, 5.74) is 0.796. The number of amides is 2. The van der Waals surface area contributed by atoms with Crippen molar-refractivity contribution in [2.45, 2.75) is 25.6 Å². The Labute approximate surface area is 161 Å². The molecule has 2 aromatic carbocycles. The number of benzene rings is 2. The Morgan fingerprint density at radius 3 is 2.57 bits per heavy atom. The summed E-state index contributed by atoms with van der Waals surface area (Å²) in [6.07, 6.45) is -5.52. The zero-order valence-electron chi connectivity index (χ0n) is 15.6. The van der Waals surface area contributed by atoms with E-state index in [1.165, 1.54) is 18.2 Å². The highest BCUT2D eigenvalue weighted by Crippen LogP contribution is 2.34. The van der Waals surface area contributed by atoms with Gasteiger partial charge in [-0.1, -0.05) is 35.9 Å². The monoisotopic (exact) mass is 396 g/mol. The van der Waals surface area contributed by atoms with Gasteiger partial charge in [-0.25, -0.2) is 4.79 Å². The molecule has 0 aliphatic carbocycles. The van der Waals surface area contributed by atoms with E-state index in [0.29, 0.717) is 18.7 Å². The van der Waals surface area contributed by atoms with E-state index in [2.05, 4.69) is 10.6 Å². The minimum Gasteiger partial charge on any atom is -0.496 e. The number of aliphatic hydroxyl groups excluding tert-OH is 1. The molecule has 2 amide bonds. The number of urea groups is 1. The van der Waals surface area contributed by atoms with E-state index < -0.39 is 23.9 Å². The highest BCUT2D eigenvalue weighted by atomic mass is 19.4. The summed E-state index contributed by atoms with van der Waals surface area (Å²) in [6, 6.07) is 9.89. The number of rotatable bonds is 7. The zero-order valence-corrected chi connectivity index (χ0v) is 15.6. The van der Waals surface area contributed by atoms with E-state index in [0.717, 1.165) is 17.2 Å². The first kappa shape index (κ1) is 21.6. The number of nitrogens with one attached hydrogen (secondary N) is 2. The van der Waals surface area contributed by atoms with Gasteiger partial charge in [0.15, 0.2) is 0 Å². The lowest BCUT2D eigenvalue weighted by atomic mass is 10.0. The molecule has 0 saturated carbocycles. The van der Waals surface area contributed by atoms with Crippen molar-refractivity contribution in [1.82, 2.24) is 10.6 Å². The number of methoxy groups -OCH3 is 1. The highest BCUT2D eigenvalue weighted by molar-refractivity contribution is 5.73. The fourth-order valence-corrected chi connectivity index (χ4v) is 2.82. The molecule has 2 rings (SSSR count). The first-order valence-electron chi connectivity index (χ1n) is 8.71. The number of aryl methyl sites for hydroxylation is 1. The molecular formula is C20H23F3N2O3. The van der Waals surface area contributed by atoms with Crippen molar-refractivity contribution in [3.05, 3.63) is 64.7 Å². The molecule has 0 radical (unpaired) electrons. The molecule has 28 heavy (non-hydrogen) atoms. The van der Waals surface area contributed by atoms with Crippen LogP contribution in [0.5, 0.6) is 5.75 Å². The smallest absolute Gasteiger partial charge is 0.416 e. The van der Waals surface area contributed by atoms with E-state index in [9.17, 15) is 23.1 Å². The van der Waals surface area contributed by atoms with E-state index in [-0.39, 0.29) is 12.1 Å². The van der Waals surface area contributed by atoms with Crippen LogP contribution in [-0.4, -0.2) is 31.3 Å². The standard InChI is InChI=1S/C20H23F3N2O3/c1-13-7-8-18(28-2)14(11-13)9-10-24-19(27)25-12-17(26)15-5-3-4-6-16(15)20(21,22)23/h3-8,11,17,26H,9-10,12H2,1-2H3,(H2,24,25,27). The van der Waals surface area contributed by atoms with Gasteiger partial charge in [-0.05, 0) is 36.6 Å². The molecule has 152 valence electrons. The lowest BCUT2D eigenvalue weighted by molar-refractivity contribution is -0.139. The Morgan fingerprint density at radius 1 is 1.18 bits per heavy atom. The third-order valence-electron chi connectivity index (χ3n) is 4.20. The number of hydrogen-bond acceptors (Lipinski definition) is 3. The molecule has 8 heteroatoms. The van der Waals surface area contributed by atoms with Crippen LogP contribution in [0.2, 0.25) is 0 Å². The summed E-state index contributed by atoms with van der Waals surface area (Å²) in [6.45, 7) is 1.91. The van der Waals surface area contributed by atoms with Crippen LogP contribution >= 0.6 is 0 Å². The second-order valence-electron chi connectivity index (χ2n) is 6.30. The average Bonchev–Trinajstić information content (AvgIpc) is 2.65. The van der Waals surface area contributed by atoms with Crippen molar-refractivity contribution >= 4 is 6.03 Å². The third-order valence-corrected chi connectivity index (χ3v) is 4.20. The lowest BCUT2D eigenvalue weighted by Crippen LogP contribution is -2.39. The first-order valence-corrected chi connectivity index (χ1v) is 8.71. The predicted molar refractivity (Wildman–Crippen MR) is 99.2 cm³/mol. The van der Waals surface area contributed by atoms with Crippen LogP contribution < -0.4 is 15.4 Å². The van der Waals surface area contributed by atoms with Crippen molar-refractivity contribution in [3.8, 4) is 5.75 Å². The Balaban J connectivity index is 1.86. The molecule has 0 saturated heterocycles. The molecule has 0 spiro atoms. The molecule has 5 nitrogen and oxygen atoms in total. The Hall–Kier alpha value is -2.74. The van der Waals surface area contributed by atoms with Crippen molar-refractivity contribution in [2.24, 2.45) is 0 Å². The molecule has 0 aliphatic rings. The Bertz CT molecular complexity index is 810. The number of alkyl halides is 3. The topological polar surface area (TPSA) is 70.6 Å². The van der Waals surface area contributed by atoms with Crippen LogP contribution in [0.15, 0.2) is 42.5 Å². The molecule has 0 heterocycles. The van der Waals surface area contributed by atoms with Crippen molar-refractivity contribution < 1.29 is 27.8 Å². The molecule has 0 aliphatic heterocycles. The summed E-state index contributed by atoms with van der Waals surface area (Å²) in [5, 5.41) is 15.1. The molecule has 0 aromatic heterocycles. The van der Waals surface area contributed by atoms with Gasteiger partial charge in [-0.15, -0.1) is 0 Å². The van der Waals surface area contributed by atoms with Gasteiger partial charge in [-0.2, -0.15) is 13.2 Å². The summed E-state index contributed by atoms with van der Waals surface area (Å²) < 4.78 is 44.3. The van der Waals surface area contributed by atoms with Gasteiger partial charge in [0.25, 0.3) is 0 Å². The van der Waals surface area contributed by atoms with E-state index in [1.54, 1.807) is 7.11 Å². The average molecular weight is 396 g/mol. The molecule has 0 bridgehead atoms. The molecule has 1 unspecified atom stereocenters. The maximum atomic E-state index is 13.0. The minimum absolute atomic E-state index is 0.278. The van der Waals surface area contributed by atoms with E-state index in [1.807, 2.05) is 25.1 Å². The van der Waals surface area contributed by atoms with Gasteiger partial charge < -0.3 is 20.5 Å². The fourth-order valence-electron chi connectivity index (χ4n) is 2.82. The number of hydrogen-bond donors (Lipinski definition) is 3. The minimum atomic E-state index is -4.58. The first-order chi connectivity index (χ1) is 13.2. The largest absolute Gasteiger partial charge is 0.496 e. The second-order valence-corrected chi connectivity index (χ2v) is 6.30. The van der Waals surface area contributed by atoms with Gasteiger partial charge in [0, 0.05) is 13.1 Å². The van der Waals surface area contributed by atoms with Gasteiger partial charge in [-0.3, -0.25) is 0 Å². The second kappa shape index (κ2) is 9.45. The summed E-state index contributed by atoms with van der Waals surface area (Å²) >= 11 is 0. The van der Waals surface area contributed by atoms with Crippen LogP contribution in [0, 0.1) is 6.92 Å². The third kappa shape index (κ3) is 5.88. The van der Waals surface area contributed by atoms with Crippen molar-refractivity contribution in [1.29, 1.82) is 0 Å². The maximum Gasteiger partial charge on any atom is 0.416 e. The van der Waals surface area contributed by atoms with Gasteiger partial charge >= 0.3 is 12.2 Å². The quantitative estimate of drug-likeness (QED) is 0.670. The Kier molecular flexibility index (Phi) is 7.28. The molecule has 0 fully saturated rings. The number of halogens is 3. The van der Waals surface area contributed by atoms with Crippen LogP contribution in [0.4, 0.5) is 18.0 Å². The van der Waals surface area contributed by atoms with Gasteiger partial charge in [0.05, 0.1) is 18.8 Å². The zero-order chi connectivity index (χ0) is 20.7.